The summed E-state index contributed by atoms with van der Waals surface area (Å²) in [7, 11) is 1.54. The number of carbonyl (C=O) groups is 1. The average Bonchev–Trinajstić information content (AvgIpc) is 2.44. The second-order valence-electron chi connectivity index (χ2n) is 4.12. The number of fused-ring (bicyclic) bond motifs is 1. The van der Waals surface area contributed by atoms with Crippen LogP contribution in [0.5, 0.6) is 0 Å². The smallest absolute Gasteiger partial charge is 0.407 e. The minimum atomic E-state index is -0.440. The highest BCUT2D eigenvalue weighted by Gasteiger charge is 2.09. The van der Waals surface area contributed by atoms with Crippen LogP contribution in [0.4, 0.5) is 4.79 Å². The number of aromatic nitrogens is 1. The fourth-order valence-corrected chi connectivity index (χ4v) is 2.31. The molecule has 0 unspecified atom stereocenters. The molecule has 0 atom stereocenters. The number of rotatable bonds is 3. The highest BCUT2D eigenvalue weighted by molar-refractivity contribution is 9.10. The summed E-state index contributed by atoms with van der Waals surface area (Å²) in [5, 5.41) is 3.47. The molecule has 1 aromatic heterocycles. The fraction of sp³-hybridized carbons (Fsp3) is 0.286. The number of halogens is 1. The normalized spacial score (nSPS) is 10.5. The SMILES string of the molecule is CCc1cc(COC(=O)NC)c2nccc(Br)c2c1. The Morgan fingerprint density at radius 1 is 1.47 bits per heavy atom. The van der Waals surface area contributed by atoms with Crippen molar-refractivity contribution in [2.24, 2.45) is 0 Å². The summed E-state index contributed by atoms with van der Waals surface area (Å²) in [4.78, 5) is 15.6. The monoisotopic (exact) mass is 322 g/mol. The van der Waals surface area contributed by atoms with E-state index in [0.29, 0.717) is 0 Å². The number of nitrogens with zero attached hydrogens (tertiary/aromatic N) is 1. The molecule has 0 fully saturated rings. The standard InChI is InChI=1S/C14H15BrN2O2/c1-3-9-6-10(8-19-14(18)16-2)13-11(7-9)12(15)4-5-17-13/h4-7H,3,8H2,1-2H3,(H,16,18). The molecule has 1 heterocycles. The Balaban J connectivity index is 2.46. The van der Waals surface area contributed by atoms with E-state index >= 15 is 0 Å². The molecule has 4 nitrogen and oxygen atoms in total. The molecule has 1 amide bonds. The van der Waals surface area contributed by atoms with E-state index in [0.717, 1.165) is 27.4 Å². The van der Waals surface area contributed by atoms with E-state index < -0.39 is 6.09 Å². The summed E-state index contributed by atoms with van der Waals surface area (Å²) in [6.45, 7) is 2.31. The van der Waals surface area contributed by atoms with Crippen molar-refractivity contribution < 1.29 is 9.53 Å². The lowest BCUT2D eigenvalue weighted by Gasteiger charge is -2.10. The highest BCUT2D eigenvalue weighted by Crippen LogP contribution is 2.27. The first kappa shape index (κ1) is 13.8. The Hall–Kier alpha value is -1.62. The number of amides is 1. The van der Waals surface area contributed by atoms with Crippen LogP contribution in [-0.2, 0) is 17.8 Å². The molecule has 0 saturated heterocycles. The van der Waals surface area contributed by atoms with Gasteiger partial charge >= 0.3 is 6.09 Å². The van der Waals surface area contributed by atoms with Gasteiger partial charge in [0.2, 0.25) is 0 Å². The van der Waals surface area contributed by atoms with Crippen LogP contribution >= 0.6 is 15.9 Å². The number of alkyl carbamates (subject to hydrolysis) is 1. The van der Waals surface area contributed by atoms with Gasteiger partial charge in [-0.25, -0.2) is 4.79 Å². The van der Waals surface area contributed by atoms with Gasteiger partial charge in [-0.05, 0) is 24.1 Å². The summed E-state index contributed by atoms with van der Waals surface area (Å²) in [6.07, 6.45) is 2.22. The number of aryl methyl sites for hydroxylation is 1. The Labute approximate surface area is 120 Å². The first-order chi connectivity index (χ1) is 9.15. The first-order valence-electron chi connectivity index (χ1n) is 6.06. The second-order valence-corrected chi connectivity index (χ2v) is 4.98. The Morgan fingerprint density at radius 3 is 2.95 bits per heavy atom. The molecule has 5 heteroatoms. The zero-order chi connectivity index (χ0) is 13.8. The summed E-state index contributed by atoms with van der Waals surface area (Å²) in [6, 6.07) is 6.05. The molecular weight excluding hydrogens is 308 g/mol. The van der Waals surface area contributed by atoms with Crippen molar-refractivity contribution in [2.45, 2.75) is 20.0 Å². The maximum absolute atomic E-state index is 11.2. The van der Waals surface area contributed by atoms with Gasteiger partial charge in [-0.3, -0.25) is 4.98 Å². The zero-order valence-corrected chi connectivity index (χ0v) is 12.5. The van der Waals surface area contributed by atoms with E-state index in [2.05, 4.69) is 39.2 Å². The van der Waals surface area contributed by atoms with Crippen molar-refractivity contribution in [3.63, 3.8) is 0 Å². The van der Waals surface area contributed by atoms with Crippen LogP contribution in [0.1, 0.15) is 18.1 Å². The lowest BCUT2D eigenvalue weighted by Crippen LogP contribution is -2.19. The predicted octanol–water partition coefficient (Wildman–Crippen LogP) is 3.42. The van der Waals surface area contributed by atoms with Gasteiger partial charge in [0, 0.05) is 28.7 Å². The minimum Gasteiger partial charge on any atom is -0.445 e. The van der Waals surface area contributed by atoms with Crippen LogP contribution < -0.4 is 5.32 Å². The molecule has 0 bridgehead atoms. The van der Waals surface area contributed by atoms with E-state index in [1.165, 1.54) is 12.6 Å². The number of nitrogens with one attached hydrogen (secondary N) is 1. The van der Waals surface area contributed by atoms with E-state index in [1.54, 1.807) is 6.20 Å². The maximum Gasteiger partial charge on any atom is 0.407 e. The summed E-state index contributed by atoms with van der Waals surface area (Å²) in [5.74, 6) is 0. The highest BCUT2D eigenvalue weighted by atomic mass is 79.9. The largest absolute Gasteiger partial charge is 0.445 e. The molecule has 19 heavy (non-hydrogen) atoms. The molecule has 0 aliphatic heterocycles. The maximum atomic E-state index is 11.2. The third kappa shape index (κ3) is 3.04. The van der Waals surface area contributed by atoms with Gasteiger partial charge in [-0.15, -0.1) is 0 Å². The van der Waals surface area contributed by atoms with E-state index in [9.17, 15) is 4.79 Å². The van der Waals surface area contributed by atoms with Crippen molar-refractivity contribution in [2.75, 3.05) is 7.05 Å². The quantitative estimate of drug-likeness (QED) is 0.942. The lowest BCUT2D eigenvalue weighted by atomic mass is 10.0. The summed E-state index contributed by atoms with van der Waals surface area (Å²) < 4.78 is 6.11. The number of benzene rings is 1. The van der Waals surface area contributed by atoms with Gasteiger partial charge in [0.25, 0.3) is 0 Å². The molecule has 1 N–H and O–H groups in total. The van der Waals surface area contributed by atoms with Gasteiger partial charge in [-0.1, -0.05) is 28.9 Å². The van der Waals surface area contributed by atoms with Gasteiger partial charge < -0.3 is 10.1 Å². The van der Waals surface area contributed by atoms with Crippen molar-refractivity contribution in [3.05, 3.63) is 40.0 Å². The van der Waals surface area contributed by atoms with Crippen molar-refractivity contribution >= 4 is 32.9 Å². The van der Waals surface area contributed by atoms with Crippen LogP contribution in [0, 0.1) is 0 Å². The lowest BCUT2D eigenvalue weighted by molar-refractivity contribution is 0.142. The van der Waals surface area contributed by atoms with Crippen molar-refractivity contribution in [3.8, 4) is 0 Å². The van der Waals surface area contributed by atoms with Gasteiger partial charge in [0.05, 0.1) is 5.52 Å². The molecule has 0 spiro atoms. The molecular formula is C14H15BrN2O2. The Kier molecular flexibility index (Phi) is 4.37. The Morgan fingerprint density at radius 2 is 2.26 bits per heavy atom. The molecule has 0 saturated carbocycles. The number of pyridine rings is 1. The second kappa shape index (κ2) is 6.02. The number of hydrogen-bond acceptors (Lipinski definition) is 3. The van der Waals surface area contributed by atoms with Crippen LogP contribution in [0.25, 0.3) is 10.9 Å². The third-order valence-corrected chi connectivity index (χ3v) is 3.59. The summed E-state index contributed by atoms with van der Waals surface area (Å²) >= 11 is 3.53. The topological polar surface area (TPSA) is 51.2 Å². The van der Waals surface area contributed by atoms with E-state index in [-0.39, 0.29) is 6.61 Å². The fourth-order valence-electron chi connectivity index (χ4n) is 1.89. The number of hydrogen-bond donors (Lipinski definition) is 1. The van der Waals surface area contributed by atoms with Crippen molar-refractivity contribution in [1.29, 1.82) is 0 Å². The molecule has 0 aliphatic rings. The van der Waals surface area contributed by atoms with Gasteiger partial charge in [-0.2, -0.15) is 0 Å². The number of carbonyl (C=O) groups excluding carboxylic acids is 1. The summed E-state index contributed by atoms with van der Waals surface area (Å²) in [5.41, 5.74) is 2.96. The van der Waals surface area contributed by atoms with Gasteiger partial charge in [0.1, 0.15) is 6.61 Å². The van der Waals surface area contributed by atoms with E-state index in [1.807, 2.05) is 12.1 Å². The average molecular weight is 323 g/mol. The molecule has 2 aromatic rings. The van der Waals surface area contributed by atoms with Crippen LogP contribution in [0.2, 0.25) is 0 Å². The van der Waals surface area contributed by atoms with Crippen LogP contribution in [-0.4, -0.2) is 18.1 Å². The van der Waals surface area contributed by atoms with Crippen molar-refractivity contribution in [1.82, 2.24) is 10.3 Å². The van der Waals surface area contributed by atoms with E-state index in [4.69, 9.17) is 4.74 Å². The van der Waals surface area contributed by atoms with Crippen LogP contribution in [0.15, 0.2) is 28.9 Å². The molecule has 0 aliphatic carbocycles. The zero-order valence-electron chi connectivity index (χ0n) is 10.9. The van der Waals surface area contributed by atoms with Crippen LogP contribution in [0.3, 0.4) is 0 Å². The molecule has 1 aromatic carbocycles. The predicted molar refractivity (Wildman–Crippen MR) is 78.1 cm³/mol. The molecule has 100 valence electrons. The molecule has 0 radical (unpaired) electrons. The third-order valence-electron chi connectivity index (χ3n) is 2.90. The number of ether oxygens (including phenoxy) is 1. The van der Waals surface area contributed by atoms with Gasteiger partial charge in [0.15, 0.2) is 0 Å². The Bertz CT molecular complexity index is 614. The molecule has 2 rings (SSSR count). The minimum absolute atomic E-state index is 0.216. The first-order valence-corrected chi connectivity index (χ1v) is 6.85.